The van der Waals surface area contributed by atoms with Gasteiger partial charge in [-0.3, -0.25) is 0 Å². The molecule has 0 radical (unpaired) electrons. The highest BCUT2D eigenvalue weighted by Gasteiger charge is 2.05. The van der Waals surface area contributed by atoms with Gasteiger partial charge in [-0.2, -0.15) is 0 Å². The zero-order valence-corrected chi connectivity index (χ0v) is 13.2. The van der Waals surface area contributed by atoms with Crippen molar-refractivity contribution in [3.63, 3.8) is 0 Å². The van der Waals surface area contributed by atoms with Crippen molar-refractivity contribution in [2.75, 3.05) is 5.73 Å². The Bertz CT molecular complexity index is 638. The van der Waals surface area contributed by atoms with Crippen LogP contribution in [0.5, 0.6) is 0 Å². The maximum absolute atomic E-state index is 13.1. The lowest BCUT2D eigenvalue weighted by Crippen LogP contribution is -1.96. The Labute approximate surface area is 130 Å². The van der Waals surface area contributed by atoms with Crippen LogP contribution in [0.1, 0.15) is 38.8 Å². The van der Waals surface area contributed by atoms with Crippen LogP contribution in [0.4, 0.5) is 18.9 Å². The van der Waals surface area contributed by atoms with Gasteiger partial charge in [0.2, 0.25) is 0 Å². The number of halogens is 3. The summed E-state index contributed by atoms with van der Waals surface area (Å²) in [5, 5.41) is 0. The normalized spacial score (nSPS) is 8.50. The van der Waals surface area contributed by atoms with E-state index in [0.717, 1.165) is 6.07 Å². The summed E-state index contributed by atoms with van der Waals surface area (Å²) in [7, 11) is 0. The lowest BCUT2D eigenvalue weighted by molar-refractivity contribution is 0.585. The van der Waals surface area contributed by atoms with E-state index >= 15 is 0 Å². The van der Waals surface area contributed by atoms with Crippen LogP contribution < -0.4 is 5.73 Å². The SMILES string of the molecule is CC.CC.Nc1c(F)cc(F)cc1C#Cc1ccc(F)cc1. The fraction of sp³-hybridized carbons (Fsp3) is 0.222. The second-order valence-corrected chi connectivity index (χ2v) is 3.61. The molecular weight excluding hydrogens is 287 g/mol. The topological polar surface area (TPSA) is 26.0 Å². The molecule has 22 heavy (non-hydrogen) atoms. The quantitative estimate of drug-likeness (QED) is 0.529. The van der Waals surface area contributed by atoms with Gasteiger partial charge in [0.25, 0.3) is 0 Å². The van der Waals surface area contributed by atoms with Crippen LogP contribution in [-0.2, 0) is 0 Å². The molecule has 0 aliphatic heterocycles. The molecule has 0 amide bonds. The van der Waals surface area contributed by atoms with E-state index in [-0.39, 0.29) is 17.1 Å². The fourth-order valence-electron chi connectivity index (χ4n) is 1.36. The smallest absolute Gasteiger partial charge is 0.150 e. The van der Waals surface area contributed by atoms with Gasteiger partial charge in [-0.25, -0.2) is 13.2 Å². The van der Waals surface area contributed by atoms with Gasteiger partial charge in [-0.05, 0) is 30.3 Å². The number of benzene rings is 2. The monoisotopic (exact) mass is 307 g/mol. The van der Waals surface area contributed by atoms with E-state index in [4.69, 9.17) is 5.73 Å². The number of nitrogens with two attached hydrogens (primary N) is 1. The van der Waals surface area contributed by atoms with Gasteiger partial charge >= 0.3 is 0 Å². The summed E-state index contributed by atoms with van der Waals surface area (Å²) in [5.41, 5.74) is 5.83. The second-order valence-electron chi connectivity index (χ2n) is 3.61. The van der Waals surface area contributed by atoms with Crippen molar-refractivity contribution in [1.29, 1.82) is 0 Å². The first-order valence-corrected chi connectivity index (χ1v) is 7.08. The van der Waals surface area contributed by atoms with Gasteiger partial charge in [-0.1, -0.05) is 39.5 Å². The Balaban J connectivity index is 0.00000102. The molecule has 0 atom stereocenters. The number of hydrogen-bond donors (Lipinski definition) is 1. The van der Waals surface area contributed by atoms with Gasteiger partial charge in [-0.15, -0.1) is 0 Å². The number of anilines is 1. The molecule has 4 heteroatoms. The molecule has 2 aromatic rings. The second kappa shape index (κ2) is 10.3. The van der Waals surface area contributed by atoms with E-state index in [2.05, 4.69) is 11.8 Å². The third kappa shape index (κ3) is 5.92. The molecule has 0 fully saturated rings. The average Bonchev–Trinajstić information content (AvgIpc) is 2.55. The van der Waals surface area contributed by atoms with Gasteiger partial charge in [0.15, 0.2) is 0 Å². The predicted molar refractivity (Wildman–Crippen MR) is 85.8 cm³/mol. The first-order chi connectivity index (χ1) is 10.6. The lowest BCUT2D eigenvalue weighted by Gasteiger charge is -1.99. The van der Waals surface area contributed by atoms with Gasteiger partial charge in [0.05, 0.1) is 11.3 Å². The van der Waals surface area contributed by atoms with Crippen molar-refractivity contribution >= 4 is 5.69 Å². The minimum absolute atomic E-state index is 0.0665. The molecule has 0 aromatic heterocycles. The number of nitrogen functional groups attached to an aromatic ring is 1. The van der Waals surface area contributed by atoms with Crippen molar-refractivity contribution < 1.29 is 13.2 Å². The van der Waals surface area contributed by atoms with Crippen LogP contribution in [-0.4, -0.2) is 0 Å². The number of rotatable bonds is 0. The Morgan fingerprint density at radius 1 is 0.773 bits per heavy atom. The number of hydrogen-bond acceptors (Lipinski definition) is 1. The molecule has 0 aliphatic rings. The third-order valence-electron chi connectivity index (χ3n) is 2.28. The van der Waals surface area contributed by atoms with Crippen molar-refractivity contribution in [1.82, 2.24) is 0 Å². The van der Waals surface area contributed by atoms with E-state index in [1.54, 1.807) is 0 Å². The first kappa shape index (κ1) is 19.6. The highest BCUT2D eigenvalue weighted by molar-refractivity contribution is 5.58. The van der Waals surface area contributed by atoms with Crippen molar-refractivity contribution in [2.45, 2.75) is 27.7 Å². The molecule has 0 unspecified atom stereocenters. The summed E-state index contributed by atoms with van der Waals surface area (Å²) in [6.45, 7) is 8.00. The standard InChI is InChI=1S/C14H8F3N.2C2H6/c15-11-5-2-9(3-6-11)1-4-10-7-12(16)8-13(17)14(10)18;2*1-2/h2-3,5-8H,18H2;2*1-2H3. The highest BCUT2D eigenvalue weighted by atomic mass is 19.1. The van der Waals surface area contributed by atoms with E-state index < -0.39 is 11.6 Å². The van der Waals surface area contributed by atoms with Gasteiger partial charge in [0, 0.05) is 11.6 Å². The van der Waals surface area contributed by atoms with E-state index in [0.29, 0.717) is 11.6 Å². The summed E-state index contributed by atoms with van der Waals surface area (Å²) >= 11 is 0. The maximum Gasteiger partial charge on any atom is 0.150 e. The van der Waals surface area contributed by atoms with Crippen LogP contribution in [0.15, 0.2) is 36.4 Å². The van der Waals surface area contributed by atoms with Crippen molar-refractivity contribution in [2.24, 2.45) is 0 Å². The molecule has 0 heterocycles. The third-order valence-corrected chi connectivity index (χ3v) is 2.28. The highest BCUT2D eigenvalue weighted by Crippen LogP contribution is 2.17. The van der Waals surface area contributed by atoms with E-state index in [1.165, 1.54) is 24.3 Å². The minimum Gasteiger partial charge on any atom is -0.395 e. The van der Waals surface area contributed by atoms with Gasteiger partial charge in [0.1, 0.15) is 17.5 Å². The first-order valence-electron chi connectivity index (χ1n) is 7.08. The van der Waals surface area contributed by atoms with Crippen LogP contribution in [0.25, 0.3) is 0 Å². The summed E-state index contributed by atoms with van der Waals surface area (Å²) < 4.78 is 38.8. The van der Waals surface area contributed by atoms with Crippen LogP contribution in [0.3, 0.4) is 0 Å². The van der Waals surface area contributed by atoms with Gasteiger partial charge < -0.3 is 5.73 Å². The molecular formula is C18H20F3N. The summed E-state index contributed by atoms with van der Waals surface area (Å²) in [4.78, 5) is 0. The maximum atomic E-state index is 13.1. The molecule has 0 bridgehead atoms. The van der Waals surface area contributed by atoms with E-state index in [9.17, 15) is 13.2 Å². The minimum atomic E-state index is -0.849. The predicted octanol–water partition coefficient (Wildman–Crippen LogP) is 5.14. The molecule has 1 nitrogen and oxygen atoms in total. The average molecular weight is 307 g/mol. The lowest BCUT2D eigenvalue weighted by atomic mass is 10.1. The Kier molecular flexibility index (Phi) is 9.20. The zero-order chi connectivity index (χ0) is 17.1. The molecule has 118 valence electrons. The molecule has 2 aromatic carbocycles. The van der Waals surface area contributed by atoms with E-state index in [1.807, 2.05) is 27.7 Å². The Hall–Kier alpha value is -2.41. The van der Waals surface area contributed by atoms with Crippen LogP contribution >= 0.6 is 0 Å². The summed E-state index contributed by atoms with van der Waals surface area (Å²) in [6, 6.07) is 7.18. The molecule has 0 saturated heterocycles. The van der Waals surface area contributed by atoms with Crippen LogP contribution in [0.2, 0.25) is 0 Å². The molecule has 0 spiro atoms. The molecule has 2 rings (SSSR count). The largest absolute Gasteiger partial charge is 0.395 e. The molecule has 2 N–H and O–H groups in total. The summed E-state index contributed by atoms with van der Waals surface area (Å²) in [6.07, 6.45) is 0. The summed E-state index contributed by atoms with van der Waals surface area (Å²) in [5.74, 6) is 3.23. The van der Waals surface area contributed by atoms with Crippen molar-refractivity contribution in [3.8, 4) is 11.8 Å². The molecule has 0 aliphatic carbocycles. The van der Waals surface area contributed by atoms with Crippen LogP contribution in [0, 0.1) is 29.3 Å². The Morgan fingerprint density at radius 2 is 1.32 bits per heavy atom. The zero-order valence-electron chi connectivity index (χ0n) is 13.2. The van der Waals surface area contributed by atoms with Crippen molar-refractivity contribution in [3.05, 3.63) is 65.0 Å². The Morgan fingerprint density at radius 3 is 1.86 bits per heavy atom. The fourth-order valence-corrected chi connectivity index (χ4v) is 1.36. The molecule has 0 saturated carbocycles.